The van der Waals surface area contributed by atoms with E-state index < -0.39 is 6.09 Å². The van der Waals surface area contributed by atoms with E-state index in [4.69, 9.17) is 4.74 Å². The molecule has 23 heavy (non-hydrogen) atoms. The first kappa shape index (κ1) is 15.1. The monoisotopic (exact) mass is 310 g/mol. The van der Waals surface area contributed by atoms with Gasteiger partial charge in [0.25, 0.3) is 0 Å². The molecule has 0 spiro atoms. The van der Waals surface area contributed by atoms with E-state index in [1.807, 2.05) is 30.3 Å². The predicted octanol–water partition coefficient (Wildman–Crippen LogP) is 3.67. The summed E-state index contributed by atoms with van der Waals surface area (Å²) in [6.45, 7) is 0. The molecule has 5 nitrogen and oxygen atoms in total. The number of carbonyl (C=O) groups excluding carboxylic acids is 2. The number of nitrogens with one attached hydrogen (secondary N) is 1. The number of carbonyl (C=O) groups is 2. The molecule has 118 valence electrons. The van der Waals surface area contributed by atoms with E-state index in [-0.39, 0.29) is 11.8 Å². The van der Waals surface area contributed by atoms with Crippen molar-refractivity contribution < 1.29 is 14.3 Å². The highest BCUT2D eigenvalue weighted by molar-refractivity contribution is 5.94. The molecule has 0 saturated heterocycles. The maximum Gasteiger partial charge on any atom is 0.419 e. The lowest BCUT2D eigenvalue weighted by atomic mass is 10.3. The van der Waals surface area contributed by atoms with Crippen LogP contribution in [0.5, 0.6) is 5.75 Å². The fourth-order valence-electron chi connectivity index (χ4n) is 2.15. The van der Waals surface area contributed by atoms with Crippen LogP contribution in [0.3, 0.4) is 0 Å². The summed E-state index contributed by atoms with van der Waals surface area (Å²) in [6, 6.07) is 16.1. The molecule has 0 aromatic heterocycles. The molecule has 1 fully saturated rings. The molecule has 3 rings (SSSR count). The molecule has 0 heterocycles. The van der Waals surface area contributed by atoms with Crippen LogP contribution in [0, 0.1) is 5.92 Å². The van der Waals surface area contributed by atoms with Gasteiger partial charge in [-0.1, -0.05) is 24.3 Å². The Morgan fingerprint density at radius 2 is 1.83 bits per heavy atom. The first-order chi connectivity index (χ1) is 11.1. The molecule has 1 aliphatic carbocycles. The Bertz CT molecular complexity index is 711. The number of benzene rings is 2. The number of anilines is 2. The van der Waals surface area contributed by atoms with Crippen molar-refractivity contribution in [2.75, 3.05) is 17.3 Å². The second-order valence-corrected chi connectivity index (χ2v) is 5.55. The third-order valence-corrected chi connectivity index (χ3v) is 3.67. The Morgan fingerprint density at radius 3 is 2.52 bits per heavy atom. The topological polar surface area (TPSA) is 58.6 Å². The van der Waals surface area contributed by atoms with E-state index in [9.17, 15) is 9.59 Å². The van der Waals surface area contributed by atoms with Gasteiger partial charge in [0.1, 0.15) is 5.75 Å². The summed E-state index contributed by atoms with van der Waals surface area (Å²) < 4.78 is 5.36. The smallest absolute Gasteiger partial charge is 0.410 e. The van der Waals surface area contributed by atoms with Gasteiger partial charge in [0.2, 0.25) is 5.91 Å². The Balaban J connectivity index is 1.65. The van der Waals surface area contributed by atoms with Gasteiger partial charge >= 0.3 is 6.09 Å². The Kier molecular flexibility index (Phi) is 4.28. The Labute approximate surface area is 134 Å². The molecule has 2 aromatic rings. The largest absolute Gasteiger partial charge is 0.419 e. The lowest BCUT2D eigenvalue weighted by molar-refractivity contribution is -0.117. The molecular formula is C18H18N2O3. The van der Waals surface area contributed by atoms with Crippen LogP contribution in [0.25, 0.3) is 0 Å². The second-order valence-electron chi connectivity index (χ2n) is 5.55. The zero-order chi connectivity index (χ0) is 16.2. The summed E-state index contributed by atoms with van der Waals surface area (Å²) >= 11 is 0. The van der Waals surface area contributed by atoms with Crippen LogP contribution in [-0.2, 0) is 4.79 Å². The molecule has 0 bridgehead atoms. The number of para-hydroxylation sites is 1. The molecule has 2 aromatic carbocycles. The van der Waals surface area contributed by atoms with E-state index in [1.54, 1.807) is 31.3 Å². The number of amides is 2. The summed E-state index contributed by atoms with van der Waals surface area (Å²) in [5.41, 5.74) is 1.38. The minimum atomic E-state index is -0.484. The van der Waals surface area contributed by atoms with Crippen molar-refractivity contribution in [1.82, 2.24) is 0 Å². The van der Waals surface area contributed by atoms with Crippen LogP contribution in [0.2, 0.25) is 0 Å². The molecule has 1 saturated carbocycles. The van der Waals surface area contributed by atoms with Gasteiger partial charge in [0.05, 0.1) is 0 Å². The van der Waals surface area contributed by atoms with Gasteiger partial charge in [-0.2, -0.15) is 0 Å². The van der Waals surface area contributed by atoms with Crippen LogP contribution >= 0.6 is 0 Å². The number of ether oxygens (including phenoxy) is 1. The summed E-state index contributed by atoms with van der Waals surface area (Å²) in [7, 11) is 1.65. The normalized spacial score (nSPS) is 13.3. The molecular weight excluding hydrogens is 292 g/mol. The molecule has 0 aliphatic heterocycles. The fourth-order valence-corrected chi connectivity index (χ4v) is 2.15. The van der Waals surface area contributed by atoms with Crippen molar-refractivity contribution in [1.29, 1.82) is 0 Å². The van der Waals surface area contributed by atoms with Crippen molar-refractivity contribution in [3.63, 3.8) is 0 Å². The predicted molar refractivity (Wildman–Crippen MR) is 88.7 cm³/mol. The highest BCUT2D eigenvalue weighted by atomic mass is 16.6. The van der Waals surface area contributed by atoms with Gasteiger partial charge in [-0.3, -0.25) is 9.69 Å². The molecule has 0 atom stereocenters. The number of rotatable bonds is 4. The van der Waals surface area contributed by atoms with Crippen molar-refractivity contribution in [2.24, 2.45) is 5.92 Å². The molecule has 5 heteroatoms. The number of hydrogen-bond acceptors (Lipinski definition) is 3. The van der Waals surface area contributed by atoms with Crippen molar-refractivity contribution in [2.45, 2.75) is 12.8 Å². The third-order valence-electron chi connectivity index (χ3n) is 3.67. The van der Waals surface area contributed by atoms with Crippen LogP contribution in [-0.4, -0.2) is 19.0 Å². The Hall–Kier alpha value is -2.82. The molecule has 2 amide bonds. The zero-order valence-corrected chi connectivity index (χ0v) is 12.9. The summed E-state index contributed by atoms with van der Waals surface area (Å²) in [4.78, 5) is 25.4. The van der Waals surface area contributed by atoms with Gasteiger partial charge in [-0.15, -0.1) is 0 Å². The summed E-state index contributed by atoms with van der Waals surface area (Å²) in [5, 5.41) is 2.83. The number of hydrogen-bond donors (Lipinski definition) is 1. The van der Waals surface area contributed by atoms with Crippen molar-refractivity contribution >= 4 is 23.4 Å². The van der Waals surface area contributed by atoms with Crippen LogP contribution in [0.1, 0.15) is 12.8 Å². The Morgan fingerprint density at radius 1 is 1.09 bits per heavy atom. The van der Waals surface area contributed by atoms with Gasteiger partial charge < -0.3 is 10.1 Å². The summed E-state index contributed by atoms with van der Waals surface area (Å²) in [5.74, 6) is 0.548. The molecule has 1 aliphatic rings. The first-order valence-corrected chi connectivity index (χ1v) is 7.55. The van der Waals surface area contributed by atoms with E-state index in [0.717, 1.165) is 18.5 Å². The quantitative estimate of drug-likeness (QED) is 0.937. The maximum atomic E-state index is 12.2. The van der Waals surface area contributed by atoms with E-state index >= 15 is 0 Å². The van der Waals surface area contributed by atoms with Gasteiger partial charge in [0.15, 0.2) is 0 Å². The zero-order valence-electron chi connectivity index (χ0n) is 12.9. The lowest BCUT2D eigenvalue weighted by Gasteiger charge is -2.17. The highest BCUT2D eigenvalue weighted by Gasteiger charge is 2.29. The van der Waals surface area contributed by atoms with Crippen molar-refractivity contribution in [3.05, 3.63) is 54.6 Å². The van der Waals surface area contributed by atoms with E-state index in [1.165, 1.54) is 4.90 Å². The summed E-state index contributed by atoms with van der Waals surface area (Å²) in [6.07, 6.45) is 1.41. The average molecular weight is 310 g/mol. The minimum absolute atomic E-state index is 0.0230. The third kappa shape index (κ3) is 3.88. The van der Waals surface area contributed by atoms with Gasteiger partial charge in [-0.25, -0.2) is 4.79 Å². The van der Waals surface area contributed by atoms with E-state index in [0.29, 0.717) is 11.4 Å². The molecule has 1 N–H and O–H groups in total. The molecule has 0 unspecified atom stereocenters. The van der Waals surface area contributed by atoms with Crippen LogP contribution in [0.15, 0.2) is 54.6 Å². The SMILES string of the molecule is CN(C(=O)Oc1cccc(NC(=O)C2CC2)c1)c1ccccc1. The lowest BCUT2D eigenvalue weighted by Crippen LogP contribution is -2.29. The standard InChI is InChI=1S/C18H18N2O3/c1-20(15-7-3-2-4-8-15)18(22)23-16-9-5-6-14(12-16)19-17(21)13-10-11-13/h2-9,12-13H,10-11H2,1H3,(H,19,21). The molecule has 0 radical (unpaired) electrons. The van der Waals surface area contributed by atoms with Gasteiger partial charge in [0, 0.05) is 30.4 Å². The van der Waals surface area contributed by atoms with Crippen molar-refractivity contribution in [3.8, 4) is 5.75 Å². The number of nitrogens with zero attached hydrogens (tertiary/aromatic N) is 1. The highest BCUT2D eigenvalue weighted by Crippen LogP contribution is 2.30. The van der Waals surface area contributed by atoms with Crippen LogP contribution in [0.4, 0.5) is 16.2 Å². The van der Waals surface area contributed by atoms with Gasteiger partial charge in [-0.05, 0) is 37.1 Å². The first-order valence-electron chi connectivity index (χ1n) is 7.55. The van der Waals surface area contributed by atoms with Crippen LogP contribution < -0.4 is 15.0 Å². The minimum Gasteiger partial charge on any atom is -0.410 e. The maximum absolute atomic E-state index is 12.2. The average Bonchev–Trinajstić information content (AvgIpc) is 3.40. The van der Waals surface area contributed by atoms with E-state index in [2.05, 4.69) is 5.32 Å². The second kappa shape index (κ2) is 6.52. The fraction of sp³-hybridized carbons (Fsp3) is 0.222.